The van der Waals surface area contributed by atoms with Crippen molar-refractivity contribution >= 4 is 11.9 Å². The van der Waals surface area contributed by atoms with Crippen LogP contribution in [0.2, 0.25) is 0 Å². The van der Waals surface area contributed by atoms with E-state index in [1.165, 1.54) is 13.2 Å². The normalized spacial score (nSPS) is 13.1. The quantitative estimate of drug-likeness (QED) is 0.788. The maximum absolute atomic E-state index is 12.7. The van der Waals surface area contributed by atoms with E-state index in [0.29, 0.717) is 35.6 Å². The van der Waals surface area contributed by atoms with Gasteiger partial charge in [0.05, 0.1) is 14.2 Å². The minimum absolute atomic E-state index is 0.140. The molecular formula is C18H17NO6. The molecule has 0 unspecified atom stereocenters. The zero-order chi connectivity index (χ0) is 18.0. The number of fused-ring (bicyclic) bond motifs is 1. The average Bonchev–Trinajstić information content (AvgIpc) is 2.66. The Morgan fingerprint density at radius 2 is 1.88 bits per heavy atom. The Hall–Kier alpha value is -3.09. The van der Waals surface area contributed by atoms with Gasteiger partial charge in [0, 0.05) is 30.6 Å². The summed E-state index contributed by atoms with van der Waals surface area (Å²) in [5.41, 5.74) is 0.281. The lowest BCUT2D eigenvalue weighted by atomic mass is 10.0. The van der Waals surface area contributed by atoms with E-state index in [1.807, 2.05) is 0 Å². The fraction of sp³-hybridized carbons (Fsp3) is 0.278. The SMILES string of the molecule is COC(=O)c1cc2c(oc1=O)CCN(C(=O)c1ccc(OC)cc1)C2. The van der Waals surface area contributed by atoms with Crippen LogP contribution in [0.1, 0.15) is 32.0 Å². The van der Waals surface area contributed by atoms with Crippen molar-refractivity contribution in [2.45, 2.75) is 13.0 Å². The average molecular weight is 343 g/mol. The number of carbonyl (C=O) groups excluding carboxylic acids is 2. The second-order valence-corrected chi connectivity index (χ2v) is 5.59. The monoisotopic (exact) mass is 343 g/mol. The summed E-state index contributed by atoms with van der Waals surface area (Å²) in [6.07, 6.45) is 0.411. The van der Waals surface area contributed by atoms with Crippen molar-refractivity contribution < 1.29 is 23.5 Å². The van der Waals surface area contributed by atoms with Crippen LogP contribution in [0.3, 0.4) is 0 Å². The van der Waals surface area contributed by atoms with Crippen LogP contribution in [0.25, 0.3) is 0 Å². The first kappa shape index (κ1) is 16.8. The minimum Gasteiger partial charge on any atom is -0.497 e. The van der Waals surface area contributed by atoms with Gasteiger partial charge in [0.25, 0.3) is 5.91 Å². The molecule has 0 aliphatic carbocycles. The Morgan fingerprint density at radius 3 is 2.52 bits per heavy atom. The molecule has 1 aliphatic heterocycles. The number of methoxy groups -OCH3 is 2. The molecule has 3 rings (SSSR count). The van der Waals surface area contributed by atoms with Crippen LogP contribution in [0.5, 0.6) is 5.75 Å². The fourth-order valence-corrected chi connectivity index (χ4v) is 2.75. The Balaban J connectivity index is 1.85. The number of nitrogens with zero attached hydrogens (tertiary/aromatic N) is 1. The van der Waals surface area contributed by atoms with Gasteiger partial charge in [-0.15, -0.1) is 0 Å². The number of hydrogen-bond donors (Lipinski definition) is 0. The molecule has 0 N–H and O–H groups in total. The molecule has 0 saturated carbocycles. The third kappa shape index (κ3) is 3.26. The summed E-state index contributed by atoms with van der Waals surface area (Å²) in [5, 5.41) is 0. The molecule has 0 radical (unpaired) electrons. The summed E-state index contributed by atoms with van der Waals surface area (Å²) in [6, 6.07) is 8.28. The third-order valence-electron chi connectivity index (χ3n) is 4.11. The molecule has 1 aliphatic rings. The van der Waals surface area contributed by atoms with Crippen molar-refractivity contribution in [1.29, 1.82) is 0 Å². The lowest BCUT2D eigenvalue weighted by Crippen LogP contribution is -2.36. The van der Waals surface area contributed by atoms with Crippen molar-refractivity contribution in [3.05, 3.63) is 63.2 Å². The van der Waals surface area contributed by atoms with Crippen molar-refractivity contribution in [3.63, 3.8) is 0 Å². The number of benzene rings is 1. The minimum atomic E-state index is -0.754. The standard InChI is InChI=1S/C18H17NO6/c1-23-13-5-3-11(4-6-13)16(20)19-8-7-15-12(10-19)9-14(17(21)24-2)18(22)25-15/h3-6,9H,7-8,10H2,1-2H3. The summed E-state index contributed by atoms with van der Waals surface area (Å²) in [7, 11) is 2.76. The smallest absolute Gasteiger partial charge is 0.350 e. The highest BCUT2D eigenvalue weighted by Crippen LogP contribution is 2.21. The topological polar surface area (TPSA) is 86.0 Å². The van der Waals surface area contributed by atoms with Crippen LogP contribution in [0.15, 0.2) is 39.5 Å². The molecule has 0 atom stereocenters. The number of amides is 1. The Labute approximate surface area is 143 Å². The van der Waals surface area contributed by atoms with Gasteiger partial charge in [0.1, 0.15) is 17.1 Å². The first-order valence-electron chi connectivity index (χ1n) is 7.71. The Kier molecular flexibility index (Phi) is 4.56. The highest BCUT2D eigenvalue weighted by molar-refractivity contribution is 5.94. The highest BCUT2D eigenvalue weighted by Gasteiger charge is 2.26. The zero-order valence-corrected chi connectivity index (χ0v) is 13.9. The zero-order valence-electron chi connectivity index (χ0n) is 13.9. The van der Waals surface area contributed by atoms with E-state index in [-0.39, 0.29) is 18.0 Å². The van der Waals surface area contributed by atoms with E-state index in [0.717, 1.165) is 0 Å². The molecule has 1 aromatic heterocycles. The largest absolute Gasteiger partial charge is 0.497 e. The maximum Gasteiger partial charge on any atom is 0.350 e. The predicted molar refractivity (Wildman–Crippen MR) is 87.8 cm³/mol. The molecular weight excluding hydrogens is 326 g/mol. The molecule has 1 amide bonds. The van der Waals surface area contributed by atoms with Gasteiger partial charge < -0.3 is 18.8 Å². The molecule has 0 spiro atoms. The molecule has 7 nitrogen and oxygen atoms in total. The molecule has 2 aromatic rings. The van der Waals surface area contributed by atoms with Gasteiger partial charge in [0.2, 0.25) is 0 Å². The van der Waals surface area contributed by atoms with Crippen LogP contribution >= 0.6 is 0 Å². The van der Waals surface area contributed by atoms with Gasteiger partial charge in [0.15, 0.2) is 0 Å². The van der Waals surface area contributed by atoms with Gasteiger partial charge in [-0.1, -0.05) is 0 Å². The molecule has 2 heterocycles. The van der Waals surface area contributed by atoms with Gasteiger partial charge >= 0.3 is 11.6 Å². The summed E-state index contributed by atoms with van der Waals surface area (Å²) < 4.78 is 14.9. The first-order chi connectivity index (χ1) is 12.0. The van der Waals surface area contributed by atoms with E-state index in [2.05, 4.69) is 4.74 Å². The Bertz CT molecular complexity index is 868. The molecule has 7 heteroatoms. The second-order valence-electron chi connectivity index (χ2n) is 5.59. The van der Waals surface area contributed by atoms with Crippen molar-refractivity contribution in [1.82, 2.24) is 4.90 Å². The summed E-state index contributed by atoms with van der Waals surface area (Å²) >= 11 is 0. The number of rotatable bonds is 3. The van der Waals surface area contributed by atoms with E-state index in [9.17, 15) is 14.4 Å². The van der Waals surface area contributed by atoms with E-state index in [4.69, 9.17) is 9.15 Å². The number of ether oxygens (including phenoxy) is 2. The maximum atomic E-state index is 12.7. The summed E-state index contributed by atoms with van der Waals surface area (Å²) in [5.74, 6) is 0.274. The fourth-order valence-electron chi connectivity index (χ4n) is 2.75. The van der Waals surface area contributed by atoms with Crippen LogP contribution in [0.4, 0.5) is 0 Å². The summed E-state index contributed by atoms with van der Waals surface area (Å²) in [6.45, 7) is 0.687. The van der Waals surface area contributed by atoms with Crippen molar-refractivity contribution in [3.8, 4) is 5.75 Å². The molecule has 1 aromatic carbocycles. The van der Waals surface area contributed by atoms with Crippen molar-refractivity contribution in [2.24, 2.45) is 0 Å². The van der Waals surface area contributed by atoms with E-state index < -0.39 is 11.6 Å². The van der Waals surface area contributed by atoms with Gasteiger partial charge in [-0.2, -0.15) is 0 Å². The lowest BCUT2D eigenvalue weighted by molar-refractivity contribution is 0.0594. The van der Waals surface area contributed by atoms with Gasteiger partial charge in [-0.3, -0.25) is 4.79 Å². The third-order valence-corrected chi connectivity index (χ3v) is 4.11. The molecule has 0 bridgehead atoms. The van der Waals surface area contributed by atoms with Crippen LogP contribution in [0, 0.1) is 0 Å². The number of hydrogen-bond acceptors (Lipinski definition) is 6. The second kappa shape index (κ2) is 6.80. The highest BCUT2D eigenvalue weighted by atomic mass is 16.5. The summed E-state index contributed by atoms with van der Waals surface area (Å²) in [4.78, 5) is 37.8. The van der Waals surface area contributed by atoms with Gasteiger partial charge in [-0.25, -0.2) is 9.59 Å². The van der Waals surface area contributed by atoms with Crippen LogP contribution in [-0.2, 0) is 17.7 Å². The lowest BCUT2D eigenvalue weighted by Gasteiger charge is -2.28. The van der Waals surface area contributed by atoms with Crippen molar-refractivity contribution in [2.75, 3.05) is 20.8 Å². The van der Waals surface area contributed by atoms with Gasteiger partial charge in [-0.05, 0) is 30.3 Å². The molecule has 130 valence electrons. The van der Waals surface area contributed by atoms with E-state index >= 15 is 0 Å². The van der Waals surface area contributed by atoms with Crippen LogP contribution < -0.4 is 10.4 Å². The predicted octanol–water partition coefficient (Wildman–Crippen LogP) is 1.63. The Morgan fingerprint density at radius 1 is 1.16 bits per heavy atom. The number of carbonyl (C=O) groups is 2. The van der Waals surface area contributed by atoms with E-state index in [1.54, 1.807) is 36.3 Å². The first-order valence-corrected chi connectivity index (χ1v) is 7.71. The number of esters is 1. The van der Waals surface area contributed by atoms with Crippen LogP contribution in [-0.4, -0.2) is 37.5 Å². The molecule has 0 fully saturated rings. The molecule has 25 heavy (non-hydrogen) atoms. The molecule has 0 saturated heterocycles.